The Morgan fingerprint density at radius 3 is 2.47 bits per heavy atom. The molecule has 0 N–H and O–H groups in total. The van der Waals surface area contributed by atoms with E-state index in [1.165, 1.54) is 0 Å². The number of nitrogens with zero attached hydrogens (tertiary/aromatic N) is 3. The van der Waals surface area contributed by atoms with Gasteiger partial charge in [0.25, 0.3) is 0 Å². The van der Waals surface area contributed by atoms with Gasteiger partial charge in [0.15, 0.2) is 0 Å². The predicted octanol–water partition coefficient (Wildman–Crippen LogP) is 4.81. The van der Waals surface area contributed by atoms with Crippen LogP contribution >= 0.6 is 0 Å². The molecule has 4 heteroatoms. The maximum Gasteiger partial charge on any atom is 0.118 e. The molecule has 0 aliphatic heterocycles. The van der Waals surface area contributed by atoms with Crippen LogP contribution in [0.5, 0.6) is 5.75 Å². The van der Waals surface area contributed by atoms with Crippen molar-refractivity contribution in [3.63, 3.8) is 0 Å². The molecule has 19 heavy (non-hydrogen) atoms. The van der Waals surface area contributed by atoms with E-state index in [1.54, 1.807) is 13.2 Å². The summed E-state index contributed by atoms with van der Waals surface area (Å²) in [4.78, 5) is 2.77. The first-order chi connectivity index (χ1) is 9.31. The minimum absolute atomic E-state index is 0.611. The van der Waals surface area contributed by atoms with E-state index in [0.29, 0.717) is 5.69 Å². The summed E-state index contributed by atoms with van der Waals surface area (Å²) in [6, 6.07) is 15.2. The summed E-state index contributed by atoms with van der Waals surface area (Å²) in [5.74, 6) is 0.836. The molecule has 0 aliphatic rings. The Balaban J connectivity index is 2.17. The van der Waals surface area contributed by atoms with Gasteiger partial charge in [0.1, 0.15) is 5.75 Å². The second-order valence-corrected chi connectivity index (χ2v) is 3.89. The van der Waals surface area contributed by atoms with E-state index in [4.69, 9.17) is 10.3 Å². The number of azide groups is 1. The van der Waals surface area contributed by atoms with E-state index in [-0.39, 0.29) is 0 Å². The summed E-state index contributed by atoms with van der Waals surface area (Å²) in [6.45, 7) is 0. The van der Waals surface area contributed by atoms with E-state index in [1.807, 2.05) is 54.6 Å². The third kappa shape index (κ3) is 3.63. The van der Waals surface area contributed by atoms with Gasteiger partial charge in [-0.25, -0.2) is 0 Å². The fourth-order valence-corrected chi connectivity index (χ4v) is 1.65. The molecule has 0 aliphatic carbocycles. The monoisotopic (exact) mass is 251 g/mol. The highest BCUT2D eigenvalue weighted by atomic mass is 16.5. The first kappa shape index (κ1) is 12.7. The average Bonchev–Trinajstić information content (AvgIpc) is 2.46. The molecule has 0 unspecified atom stereocenters. The van der Waals surface area contributed by atoms with Crippen LogP contribution in [0.3, 0.4) is 0 Å². The second-order valence-electron chi connectivity index (χ2n) is 3.89. The molecule has 0 saturated carbocycles. The summed E-state index contributed by atoms with van der Waals surface area (Å²) < 4.78 is 5.10. The Morgan fingerprint density at radius 1 is 1.05 bits per heavy atom. The van der Waals surface area contributed by atoms with Crippen LogP contribution in [0.25, 0.3) is 22.6 Å². The standard InChI is InChI=1S/C15H13N3O/c1-19-15-9-7-12(8-10-15)5-6-13-3-2-4-14(11-13)17-18-16/h2-11H,1H3/b6-5+. The highest BCUT2D eigenvalue weighted by Crippen LogP contribution is 2.17. The van der Waals surface area contributed by atoms with Crippen LogP contribution in [0.1, 0.15) is 11.1 Å². The minimum Gasteiger partial charge on any atom is -0.497 e. The maximum absolute atomic E-state index is 8.40. The zero-order valence-electron chi connectivity index (χ0n) is 10.5. The van der Waals surface area contributed by atoms with Crippen molar-refractivity contribution in [3.8, 4) is 5.75 Å². The molecule has 2 aromatic rings. The zero-order valence-corrected chi connectivity index (χ0v) is 10.5. The third-order valence-corrected chi connectivity index (χ3v) is 2.61. The predicted molar refractivity (Wildman–Crippen MR) is 77.2 cm³/mol. The Bertz CT molecular complexity index is 626. The first-order valence-electron chi connectivity index (χ1n) is 5.79. The number of methoxy groups -OCH3 is 1. The van der Waals surface area contributed by atoms with E-state index in [9.17, 15) is 0 Å². The molecule has 0 fully saturated rings. The minimum atomic E-state index is 0.611. The first-order valence-corrected chi connectivity index (χ1v) is 5.79. The molecule has 0 aromatic heterocycles. The quantitative estimate of drug-likeness (QED) is 0.333. The summed E-state index contributed by atoms with van der Waals surface area (Å²) in [5, 5.41) is 3.58. The highest BCUT2D eigenvalue weighted by Gasteiger charge is 1.92. The van der Waals surface area contributed by atoms with Gasteiger partial charge >= 0.3 is 0 Å². The Morgan fingerprint density at radius 2 is 1.79 bits per heavy atom. The highest BCUT2D eigenvalue weighted by molar-refractivity contribution is 5.71. The maximum atomic E-state index is 8.40. The van der Waals surface area contributed by atoms with Gasteiger partial charge in [-0.15, -0.1) is 0 Å². The Labute approximate surface area is 111 Å². The van der Waals surface area contributed by atoms with Gasteiger partial charge < -0.3 is 4.74 Å². The molecule has 0 spiro atoms. The summed E-state index contributed by atoms with van der Waals surface area (Å²) in [5.41, 5.74) is 11.1. The lowest BCUT2D eigenvalue weighted by Crippen LogP contribution is -1.81. The normalized spacial score (nSPS) is 10.2. The molecule has 4 nitrogen and oxygen atoms in total. The van der Waals surface area contributed by atoms with Crippen LogP contribution in [0.15, 0.2) is 53.6 Å². The molecule has 0 amide bonds. The van der Waals surface area contributed by atoms with E-state index >= 15 is 0 Å². The molecule has 0 saturated heterocycles. The van der Waals surface area contributed by atoms with Crippen molar-refractivity contribution in [2.75, 3.05) is 7.11 Å². The molecular formula is C15H13N3O. The van der Waals surface area contributed by atoms with Crippen LogP contribution < -0.4 is 4.74 Å². The molecule has 0 atom stereocenters. The number of hydrogen-bond donors (Lipinski definition) is 0. The van der Waals surface area contributed by atoms with E-state index in [0.717, 1.165) is 16.9 Å². The lowest BCUT2D eigenvalue weighted by molar-refractivity contribution is 0.415. The molecule has 0 bridgehead atoms. The van der Waals surface area contributed by atoms with Crippen LogP contribution in [0.4, 0.5) is 5.69 Å². The number of hydrogen-bond acceptors (Lipinski definition) is 2. The summed E-state index contributed by atoms with van der Waals surface area (Å²) >= 11 is 0. The van der Waals surface area contributed by atoms with Crippen molar-refractivity contribution in [1.29, 1.82) is 0 Å². The van der Waals surface area contributed by atoms with Crippen molar-refractivity contribution < 1.29 is 4.74 Å². The van der Waals surface area contributed by atoms with Gasteiger partial charge in [-0.2, -0.15) is 0 Å². The fraction of sp³-hybridized carbons (Fsp3) is 0.0667. The number of rotatable bonds is 4. The van der Waals surface area contributed by atoms with Gasteiger partial charge in [0, 0.05) is 10.6 Å². The fourth-order valence-electron chi connectivity index (χ4n) is 1.65. The molecule has 0 radical (unpaired) electrons. The van der Waals surface area contributed by atoms with Gasteiger partial charge in [-0.1, -0.05) is 47.6 Å². The summed E-state index contributed by atoms with van der Waals surface area (Å²) in [7, 11) is 1.64. The molecule has 0 heterocycles. The van der Waals surface area contributed by atoms with Gasteiger partial charge in [0.05, 0.1) is 7.11 Å². The summed E-state index contributed by atoms with van der Waals surface area (Å²) in [6.07, 6.45) is 3.97. The lowest BCUT2D eigenvalue weighted by atomic mass is 10.1. The van der Waals surface area contributed by atoms with Crippen molar-refractivity contribution in [2.24, 2.45) is 5.11 Å². The van der Waals surface area contributed by atoms with E-state index in [2.05, 4.69) is 10.0 Å². The van der Waals surface area contributed by atoms with Gasteiger partial charge in [0.2, 0.25) is 0 Å². The Kier molecular flexibility index (Phi) is 4.21. The van der Waals surface area contributed by atoms with Crippen molar-refractivity contribution >= 4 is 17.8 Å². The smallest absolute Gasteiger partial charge is 0.118 e. The molecule has 2 aromatic carbocycles. The molecule has 2 rings (SSSR count). The van der Waals surface area contributed by atoms with Crippen LogP contribution in [-0.4, -0.2) is 7.11 Å². The van der Waals surface area contributed by atoms with Crippen molar-refractivity contribution in [1.82, 2.24) is 0 Å². The average molecular weight is 251 g/mol. The van der Waals surface area contributed by atoms with Gasteiger partial charge in [-0.05, 0) is 34.9 Å². The van der Waals surface area contributed by atoms with Crippen molar-refractivity contribution in [2.45, 2.75) is 0 Å². The number of ether oxygens (including phenoxy) is 1. The third-order valence-electron chi connectivity index (χ3n) is 2.61. The molecule has 94 valence electrons. The molecular weight excluding hydrogens is 238 g/mol. The second kappa shape index (κ2) is 6.28. The topological polar surface area (TPSA) is 58.0 Å². The van der Waals surface area contributed by atoms with Crippen LogP contribution in [0.2, 0.25) is 0 Å². The lowest BCUT2D eigenvalue weighted by Gasteiger charge is -1.99. The Hall–Kier alpha value is -2.71. The van der Waals surface area contributed by atoms with Gasteiger partial charge in [-0.3, -0.25) is 0 Å². The zero-order chi connectivity index (χ0) is 13.5. The number of benzene rings is 2. The van der Waals surface area contributed by atoms with E-state index < -0.39 is 0 Å². The van der Waals surface area contributed by atoms with Crippen LogP contribution in [-0.2, 0) is 0 Å². The largest absolute Gasteiger partial charge is 0.497 e. The van der Waals surface area contributed by atoms with Crippen LogP contribution in [0, 0.1) is 0 Å². The van der Waals surface area contributed by atoms with Crippen molar-refractivity contribution in [3.05, 3.63) is 70.1 Å². The SMILES string of the molecule is COc1ccc(/C=C/c2cccc(N=[N+]=[N-])c2)cc1.